The molecule has 0 amide bonds. The molecule has 0 aliphatic heterocycles. The zero-order valence-corrected chi connectivity index (χ0v) is 28.5. The molecule has 13 nitrogen and oxygen atoms in total. The molecule has 0 aromatic heterocycles. The van der Waals surface area contributed by atoms with Gasteiger partial charge < -0.3 is 39.9 Å². The van der Waals surface area contributed by atoms with Gasteiger partial charge in [-0.05, 0) is 32.1 Å². The standard InChI is InChI=1S/C32H59O13P/c1-3-4-5-6-7-8-9-10-11-12-13-14-15-16-17-18-19-20-21-26(34)44-25(22-42-24(2)33)23-43-46(40,41)45-32-30(38)28(36)27(35)29(37)31(32)39/h11-12,25,27-32,35-39H,3-10,13-23H2,1-2H3,(H,40,41)/b12-11-. The van der Waals surface area contributed by atoms with Gasteiger partial charge in [-0.3, -0.25) is 18.6 Å². The van der Waals surface area contributed by atoms with E-state index >= 15 is 0 Å². The molecule has 0 heterocycles. The molecule has 1 rings (SSSR count). The molecule has 6 atom stereocenters. The van der Waals surface area contributed by atoms with E-state index in [1.165, 1.54) is 64.2 Å². The van der Waals surface area contributed by atoms with E-state index < -0.39 is 75.7 Å². The topological polar surface area (TPSA) is 210 Å². The van der Waals surface area contributed by atoms with Crippen LogP contribution >= 0.6 is 7.82 Å². The summed E-state index contributed by atoms with van der Waals surface area (Å²) < 4.78 is 32.2. The highest BCUT2D eigenvalue weighted by Gasteiger charge is 2.51. The molecule has 14 heteroatoms. The molecule has 46 heavy (non-hydrogen) atoms. The van der Waals surface area contributed by atoms with Crippen LogP contribution in [-0.2, 0) is 32.7 Å². The van der Waals surface area contributed by atoms with Gasteiger partial charge in [-0.25, -0.2) is 4.57 Å². The number of allylic oxidation sites excluding steroid dienone is 2. The minimum atomic E-state index is -5.07. The third-order valence-electron chi connectivity index (χ3n) is 7.91. The third-order valence-corrected chi connectivity index (χ3v) is 8.90. The Hall–Kier alpha value is -1.41. The van der Waals surface area contributed by atoms with E-state index in [4.69, 9.17) is 18.5 Å². The maximum Gasteiger partial charge on any atom is 0.472 e. The van der Waals surface area contributed by atoms with Crippen LogP contribution in [0.15, 0.2) is 12.2 Å². The van der Waals surface area contributed by atoms with Crippen molar-refractivity contribution in [2.75, 3.05) is 13.2 Å². The number of esters is 2. The van der Waals surface area contributed by atoms with Gasteiger partial charge in [-0.1, -0.05) is 89.7 Å². The van der Waals surface area contributed by atoms with Gasteiger partial charge >= 0.3 is 19.8 Å². The minimum absolute atomic E-state index is 0.0892. The Labute approximate surface area is 273 Å². The van der Waals surface area contributed by atoms with E-state index in [0.29, 0.717) is 6.42 Å². The van der Waals surface area contributed by atoms with Crippen LogP contribution in [0.2, 0.25) is 0 Å². The minimum Gasteiger partial charge on any atom is -0.462 e. The SMILES string of the molecule is CCCCCCCCC/C=C\CCCCCCCCCC(=O)OC(COC(C)=O)COP(=O)(O)OC1C(O)C(O)C(O)C(O)C1O. The maximum absolute atomic E-state index is 12.5. The van der Waals surface area contributed by atoms with Gasteiger partial charge in [0, 0.05) is 13.3 Å². The molecule has 1 aliphatic carbocycles. The molecule has 6 N–H and O–H groups in total. The fourth-order valence-corrected chi connectivity index (χ4v) is 6.10. The summed E-state index contributed by atoms with van der Waals surface area (Å²) in [5.74, 6) is -1.30. The quantitative estimate of drug-likeness (QED) is 0.0330. The van der Waals surface area contributed by atoms with Crippen molar-refractivity contribution in [2.24, 2.45) is 0 Å². The van der Waals surface area contributed by atoms with Crippen molar-refractivity contribution in [3.05, 3.63) is 12.2 Å². The number of rotatable bonds is 26. The van der Waals surface area contributed by atoms with Crippen LogP contribution in [0.1, 0.15) is 123 Å². The maximum atomic E-state index is 12.5. The Morgan fingerprint density at radius 2 is 1.15 bits per heavy atom. The van der Waals surface area contributed by atoms with Gasteiger partial charge in [-0.15, -0.1) is 0 Å². The molecule has 1 aliphatic rings. The average molecular weight is 683 g/mol. The normalized spacial score (nSPS) is 25.3. The number of aliphatic hydroxyl groups excluding tert-OH is 5. The molecular weight excluding hydrogens is 623 g/mol. The first kappa shape index (κ1) is 42.6. The molecule has 1 saturated carbocycles. The molecule has 0 radical (unpaired) electrons. The highest BCUT2D eigenvalue weighted by atomic mass is 31.2. The van der Waals surface area contributed by atoms with Gasteiger partial charge in [0.25, 0.3) is 0 Å². The van der Waals surface area contributed by atoms with E-state index in [9.17, 15) is 44.6 Å². The molecule has 0 aromatic carbocycles. The summed E-state index contributed by atoms with van der Waals surface area (Å²) in [6.07, 6.45) is 10.1. The Bertz CT molecular complexity index is 885. The van der Waals surface area contributed by atoms with E-state index in [-0.39, 0.29) is 6.42 Å². The van der Waals surface area contributed by atoms with E-state index in [1.807, 2.05) is 0 Å². The number of hydrogen-bond donors (Lipinski definition) is 6. The Kier molecular flexibility index (Phi) is 22.9. The number of hydrogen-bond acceptors (Lipinski definition) is 12. The summed E-state index contributed by atoms with van der Waals surface area (Å²) in [6.45, 7) is 2.16. The lowest BCUT2D eigenvalue weighted by Gasteiger charge is -2.41. The second kappa shape index (κ2) is 24.7. The van der Waals surface area contributed by atoms with Gasteiger partial charge in [0.1, 0.15) is 43.2 Å². The second-order valence-electron chi connectivity index (χ2n) is 12.1. The zero-order valence-electron chi connectivity index (χ0n) is 27.6. The van der Waals surface area contributed by atoms with Crippen molar-refractivity contribution in [1.29, 1.82) is 0 Å². The highest BCUT2D eigenvalue weighted by Crippen LogP contribution is 2.47. The fourth-order valence-electron chi connectivity index (χ4n) is 5.12. The Balaban J connectivity index is 2.26. The van der Waals surface area contributed by atoms with Crippen molar-refractivity contribution in [3.63, 3.8) is 0 Å². The van der Waals surface area contributed by atoms with Crippen LogP contribution in [0.5, 0.6) is 0 Å². The molecule has 1 fully saturated rings. The summed E-state index contributed by atoms with van der Waals surface area (Å²) in [7, 11) is -5.07. The predicted molar refractivity (Wildman–Crippen MR) is 171 cm³/mol. The first-order chi connectivity index (χ1) is 21.9. The zero-order chi connectivity index (χ0) is 34.4. The van der Waals surface area contributed by atoms with Crippen LogP contribution in [0.4, 0.5) is 0 Å². The lowest BCUT2D eigenvalue weighted by Crippen LogP contribution is -2.64. The number of carbonyl (C=O) groups is 2. The molecule has 270 valence electrons. The second-order valence-corrected chi connectivity index (χ2v) is 13.5. The summed E-state index contributed by atoms with van der Waals surface area (Å²) in [4.78, 5) is 33.7. The van der Waals surface area contributed by atoms with Crippen LogP contribution < -0.4 is 0 Å². The number of phosphoric ester groups is 1. The van der Waals surface area contributed by atoms with Crippen molar-refractivity contribution in [3.8, 4) is 0 Å². The number of phosphoric acid groups is 1. The van der Waals surface area contributed by atoms with Crippen molar-refractivity contribution in [1.82, 2.24) is 0 Å². The monoisotopic (exact) mass is 682 g/mol. The first-order valence-corrected chi connectivity index (χ1v) is 18.4. The van der Waals surface area contributed by atoms with E-state index in [0.717, 1.165) is 39.0 Å². The van der Waals surface area contributed by atoms with Gasteiger partial charge in [0.05, 0.1) is 6.61 Å². The van der Waals surface area contributed by atoms with Crippen LogP contribution in [-0.4, -0.2) is 98.3 Å². The van der Waals surface area contributed by atoms with Gasteiger partial charge in [-0.2, -0.15) is 0 Å². The highest BCUT2D eigenvalue weighted by molar-refractivity contribution is 7.47. The summed E-state index contributed by atoms with van der Waals surface area (Å²) in [5, 5.41) is 49.3. The summed E-state index contributed by atoms with van der Waals surface area (Å²) >= 11 is 0. The molecule has 0 bridgehead atoms. The van der Waals surface area contributed by atoms with Gasteiger partial charge in [0.15, 0.2) is 6.10 Å². The van der Waals surface area contributed by atoms with Crippen LogP contribution in [0, 0.1) is 0 Å². The Morgan fingerprint density at radius 1 is 0.696 bits per heavy atom. The third kappa shape index (κ3) is 18.8. The van der Waals surface area contributed by atoms with Crippen molar-refractivity contribution in [2.45, 2.75) is 166 Å². The number of aliphatic hydroxyl groups is 5. The molecule has 6 unspecified atom stereocenters. The van der Waals surface area contributed by atoms with Crippen LogP contribution in [0.25, 0.3) is 0 Å². The van der Waals surface area contributed by atoms with Crippen molar-refractivity contribution >= 4 is 19.8 Å². The fraction of sp³-hybridized carbons (Fsp3) is 0.875. The Morgan fingerprint density at radius 3 is 1.65 bits per heavy atom. The molecular formula is C32H59O13P. The lowest BCUT2D eigenvalue weighted by molar-refractivity contribution is -0.220. The number of ether oxygens (including phenoxy) is 2. The van der Waals surface area contributed by atoms with Gasteiger partial charge in [0.2, 0.25) is 0 Å². The summed E-state index contributed by atoms with van der Waals surface area (Å²) in [5.41, 5.74) is 0. The largest absolute Gasteiger partial charge is 0.472 e. The van der Waals surface area contributed by atoms with E-state index in [2.05, 4.69) is 19.1 Å². The lowest BCUT2D eigenvalue weighted by atomic mass is 9.85. The van der Waals surface area contributed by atoms with Crippen LogP contribution in [0.3, 0.4) is 0 Å². The number of carbonyl (C=O) groups excluding carboxylic acids is 2. The first-order valence-electron chi connectivity index (χ1n) is 16.9. The molecule has 0 saturated heterocycles. The molecule has 0 spiro atoms. The smallest absolute Gasteiger partial charge is 0.462 e. The summed E-state index contributed by atoms with van der Waals surface area (Å²) in [6, 6.07) is 0. The average Bonchev–Trinajstić information content (AvgIpc) is 3.01. The van der Waals surface area contributed by atoms with E-state index in [1.54, 1.807) is 0 Å². The number of unbranched alkanes of at least 4 members (excludes halogenated alkanes) is 14. The predicted octanol–water partition coefficient (Wildman–Crippen LogP) is 3.99. The molecule has 0 aromatic rings. The van der Waals surface area contributed by atoms with Crippen molar-refractivity contribution < 1.29 is 63.1 Å².